The van der Waals surface area contributed by atoms with Crippen LogP contribution in [-0.4, -0.2) is 11.4 Å². The van der Waals surface area contributed by atoms with E-state index in [0.717, 1.165) is 60.2 Å². The van der Waals surface area contributed by atoms with E-state index in [4.69, 9.17) is 4.89 Å². The van der Waals surface area contributed by atoms with E-state index in [-0.39, 0.29) is 6.10 Å². The summed E-state index contributed by atoms with van der Waals surface area (Å²) in [6.45, 7) is 14.8. The summed E-state index contributed by atoms with van der Waals surface area (Å²) in [5.74, 6) is 7.12. The van der Waals surface area contributed by atoms with E-state index in [2.05, 4.69) is 41.5 Å². The Morgan fingerprint density at radius 3 is 2.35 bits per heavy atom. The predicted molar refractivity (Wildman–Crippen MR) is 132 cm³/mol. The fourth-order valence-corrected chi connectivity index (χ4v) is 8.19. The Bertz CT molecular complexity index is 531. The standard InChI is InChI=1S/C29H54O2/c1-7-23(22(5)12-11-21(4)20(2)3)13-14-24-9-8-10-28-27(24)16-15-25-19-26(31-30)17-18-29(25,28)6/h20-28,30H,7-19H2,1-6H3/t21-,22-,23-,24+,25?,26+,27+,28+,29+/m1/s1. The first kappa shape index (κ1) is 25.5. The van der Waals surface area contributed by atoms with E-state index in [9.17, 15) is 5.26 Å². The molecule has 1 unspecified atom stereocenters. The molecule has 0 saturated heterocycles. The molecule has 0 spiro atoms. The van der Waals surface area contributed by atoms with Gasteiger partial charge in [0, 0.05) is 0 Å². The average Bonchev–Trinajstić information content (AvgIpc) is 2.77. The molecule has 2 heteroatoms. The van der Waals surface area contributed by atoms with Crippen LogP contribution >= 0.6 is 0 Å². The van der Waals surface area contributed by atoms with Crippen LogP contribution in [0.3, 0.4) is 0 Å². The van der Waals surface area contributed by atoms with Gasteiger partial charge in [-0.1, -0.05) is 73.6 Å². The van der Waals surface area contributed by atoms with E-state index in [0.29, 0.717) is 5.41 Å². The molecule has 0 aromatic heterocycles. The van der Waals surface area contributed by atoms with Gasteiger partial charge in [0.1, 0.15) is 0 Å². The molecule has 0 aromatic rings. The van der Waals surface area contributed by atoms with Gasteiger partial charge in [0.2, 0.25) is 0 Å². The van der Waals surface area contributed by atoms with Crippen LogP contribution in [0.15, 0.2) is 0 Å². The lowest BCUT2D eigenvalue weighted by atomic mass is 9.47. The van der Waals surface area contributed by atoms with Crippen molar-refractivity contribution in [1.29, 1.82) is 0 Å². The first-order chi connectivity index (χ1) is 14.8. The highest BCUT2D eigenvalue weighted by atomic mass is 17.1. The van der Waals surface area contributed by atoms with Crippen LogP contribution in [0.2, 0.25) is 0 Å². The molecular weight excluding hydrogens is 380 g/mol. The molecule has 1 N–H and O–H groups in total. The molecule has 3 fully saturated rings. The van der Waals surface area contributed by atoms with Crippen molar-refractivity contribution < 1.29 is 10.1 Å². The van der Waals surface area contributed by atoms with Gasteiger partial charge in [0.25, 0.3) is 0 Å². The zero-order valence-electron chi connectivity index (χ0n) is 21.7. The third kappa shape index (κ3) is 5.89. The van der Waals surface area contributed by atoms with Gasteiger partial charge in [-0.2, -0.15) is 0 Å². The van der Waals surface area contributed by atoms with Crippen molar-refractivity contribution in [3.05, 3.63) is 0 Å². The van der Waals surface area contributed by atoms with Crippen LogP contribution in [0.1, 0.15) is 125 Å². The quantitative estimate of drug-likeness (QED) is 0.274. The van der Waals surface area contributed by atoms with Crippen molar-refractivity contribution in [2.24, 2.45) is 52.8 Å². The molecular formula is C29H54O2. The lowest BCUT2D eigenvalue weighted by Crippen LogP contribution is -2.51. The van der Waals surface area contributed by atoms with E-state index in [1.165, 1.54) is 70.6 Å². The summed E-state index contributed by atoms with van der Waals surface area (Å²) >= 11 is 0. The molecule has 0 aromatic carbocycles. The van der Waals surface area contributed by atoms with Gasteiger partial charge in [-0.25, -0.2) is 4.89 Å². The van der Waals surface area contributed by atoms with Crippen molar-refractivity contribution in [1.82, 2.24) is 0 Å². The average molecular weight is 435 g/mol. The summed E-state index contributed by atoms with van der Waals surface area (Å²) in [5.41, 5.74) is 0.501. The van der Waals surface area contributed by atoms with Gasteiger partial charge in [-0.15, -0.1) is 0 Å². The predicted octanol–water partition coefficient (Wildman–Crippen LogP) is 8.99. The van der Waals surface area contributed by atoms with Crippen LogP contribution < -0.4 is 0 Å². The maximum Gasteiger partial charge on any atom is 0.0930 e. The Morgan fingerprint density at radius 1 is 0.935 bits per heavy atom. The van der Waals surface area contributed by atoms with E-state index in [1.807, 2.05) is 0 Å². The SMILES string of the molecule is CC[C@H](CC[C@@H]1CCC[C@H]2[C@H]1CCC1C[C@@H](OO)CC[C@@]12C)[C@H](C)CC[C@@H](C)C(C)C. The smallest absolute Gasteiger partial charge is 0.0930 e. The van der Waals surface area contributed by atoms with E-state index < -0.39 is 0 Å². The van der Waals surface area contributed by atoms with Crippen molar-refractivity contribution >= 4 is 0 Å². The summed E-state index contributed by atoms with van der Waals surface area (Å²) in [6, 6.07) is 0. The first-order valence-corrected chi connectivity index (χ1v) is 14.1. The largest absolute Gasteiger partial charge is 0.252 e. The Kier molecular flexibility index (Phi) is 9.37. The molecule has 0 amide bonds. The fraction of sp³-hybridized carbons (Fsp3) is 1.00. The normalized spacial score (nSPS) is 38.9. The molecule has 0 heterocycles. The second-order valence-corrected chi connectivity index (χ2v) is 12.8. The number of fused-ring (bicyclic) bond motifs is 3. The third-order valence-corrected chi connectivity index (χ3v) is 11.0. The topological polar surface area (TPSA) is 29.5 Å². The summed E-state index contributed by atoms with van der Waals surface area (Å²) in [7, 11) is 0. The molecule has 2 nitrogen and oxygen atoms in total. The number of hydrogen-bond donors (Lipinski definition) is 1. The van der Waals surface area contributed by atoms with Crippen LogP contribution in [0.4, 0.5) is 0 Å². The minimum atomic E-state index is 0.0965. The molecule has 3 rings (SSSR count). The van der Waals surface area contributed by atoms with E-state index in [1.54, 1.807) is 0 Å². The maximum atomic E-state index is 9.23. The second kappa shape index (κ2) is 11.4. The van der Waals surface area contributed by atoms with Crippen molar-refractivity contribution in [3.63, 3.8) is 0 Å². The zero-order chi connectivity index (χ0) is 22.6. The number of hydrogen-bond acceptors (Lipinski definition) is 2. The van der Waals surface area contributed by atoms with Gasteiger partial charge in [-0.3, -0.25) is 5.26 Å². The Morgan fingerprint density at radius 2 is 1.68 bits per heavy atom. The fourth-order valence-electron chi connectivity index (χ4n) is 8.19. The summed E-state index contributed by atoms with van der Waals surface area (Å²) in [4.78, 5) is 4.79. The minimum absolute atomic E-state index is 0.0965. The molecule has 9 atom stereocenters. The van der Waals surface area contributed by atoms with Gasteiger partial charge < -0.3 is 0 Å². The highest BCUT2D eigenvalue weighted by Gasteiger charge is 2.53. The third-order valence-electron chi connectivity index (χ3n) is 11.0. The van der Waals surface area contributed by atoms with Gasteiger partial charge in [0.05, 0.1) is 6.10 Å². The van der Waals surface area contributed by atoms with Crippen LogP contribution in [0.25, 0.3) is 0 Å². The van der Waals surface area contributed by atoms with Crippen LogP contribution in [-0.2, 0) is 4.89 Å². The van der Waals surface area contributed by atoms with Crippen molar-refractivity contribution in [2.75, 3.05) is 0 Å². The number of rotatable bonds is 10. The molecule has 0 aliphatic heterocycles. The highest BCUT2D eigenvalue weighted by molar-refractivity contribution is 5.02. The molecule has 31 heavy (non-hydrogen) atoms. The summed E-state index contributed by atoms with van der Waals surface area (Å²) < 4.78 is 0. The summed E-state index contributed by atoms with van der Waals surface area (Å²) in [6.07, 6.45) is 17.8. The Hall–Kier alpha value is -0.0800. The molecule has 0 bridgehead atoms. The van der Waals surface area contributed by atoms with Gasteiger partial charge in [-0.05, 0) is 104 Å². The summed E-state index contributed by atoms with van der Waals surface area (Å²) in [5, 5.41) is 9.23. The zero-order valence-corrected chi connectivity index (χ0v) is 21.7. The molecule has 0 radical (unpaired) electrons. The van der Waals surface area contributed by atoms with Crippen LogP contribution in [0.5, 0.6) is 0 Å². The van der Waals surface area contributed by atoms with Gasteiger partial charge in [0.15, 0.2) is 0 Å². The highest BCUT2D eigenvalue weighted by Crippen LogP contribution is 2.60. The Balaban J connectivity index is 1.55. The maximum absolute atomic E-state index is 9.23. The molecule has 182 valence electrons. The molecule has 3 aliphatic rings. The lowest BCUT2D eigenvalue weighted by Gasteiger charge is -2.58. The monoisotopic (exact) mass is 434 g/mol. The van der Waals surface area contributed by atoms with Crippen molar-refractivity contribution in [3.8, 4) is 0 Å². The first-order valence-electron chi connectivity index (χ1n) is 14.1. The lowest BCUT2D eigenvalue weighted by molar-refractivity contribution is -0.295. The Labute approximate surface area is 194 Å². The van der Waals surface area contributed by atoms with Crippen molar-refractivity contribution in [2.45, 2.75) is 131 Å². The van der Waals surface area contributed by atoms with Gasteiger partial charge >= 0.3 is 0 Å². The second-order valence-electron chi connectivity index (χ2n) is 12.8. The van der Waals surface area contributed by atoms with E-state index >= 15 is 0 Å². The molecule has 3 saturated carbocycles. The minimum Gasteiger partial charge on any atom is -0.252 e. The van der Waals surface area contributed by atoms with Crippen LogP contribution in [0, 0.1) is 52.8 Å². The molecule has 3 aliphatic carbocycles.